The van der Waals surface area contributed by atoms with E-state index in [1.54, 1.807) is 20.8 Å². The molecule has 6 nitrogen and oxygen atoms in total. The lowest BCUT2D eigenvalue weighted by atomic mass is 9.77. The molecule has 0 unspecified atom stereocenters. The number of nitrogens with zero attached hydrogens (tertiary/aromatic N) is 1. The molecule has 0 radical (unpaired) electrons. The zero-order chi connectivity index (χ0) is 15.7. The van der Waals surface area contributed by atoms with Crippen molar-refractivity contribution < 1.29 is 10.2 Å². The first kappa shape index (κ1) is 16.7. The molecule has 0 saturated heterocycles. The number of nitrogens with one attached hydrogen (secondary N) is 1. The Balaban J connectivity index is 3.23. The molecule has 1 rings (SSSR count). The average Bonchev–Trinajstić information content (AvgIpc) is 2.40. The lowest BCUT2D eigenvalue weighted by Gasteiger charge is -2.39. The van der Waals surface area contributed by atoms with E-state index in [0.717, 1.165) is 0 Å². The number of aromatic nitrogens is 2. The number of hydrogen-bond donors (Lipinski definition) is 3. The number of aliphatic hydroxyl groups excluding tert-OH is 1. The standard InChI is InChI=1S/C14H24N2O4/c1-8-6-16(13(19)15-12(8)18)11(4)14(5,20)10(3)9(2)7-17/h6,9-11,17,20H,7H2,1-5H3,(H,15,18,19)/t9-,10-,11-,14-/m1/s1. The Morgan fingerprint density at radius 2 is 1.90 bits per heavy atom. The van der Waals surface area contributed by atoms with Crippen LogP contribution < -0.4 is 11.2 Å². The van der Waals surface area contributed by atoms with Crippen LogP contribution in [0.15, 0.2) is 15.8 Å². The van der Waals surface area contributed by atoms with Crippen LogP contribution in [0.4, 0.5) is 0 Å². The van der Waals surface area contributed by atoms with Crippen molar-refractivity contribution in [2.24, 2.45) is 11.8 Å². The van der Waals surface area contributed by atoms with Crippen LogP contribution >= 0.6 is 0 Å². The monoisotopic (exact) mass is 284 g/mol. The molecule has 0 aliphatic rings. The highest BCUT2D eigenvalue weighted by molar-refractivity contribution is 5.03. The predicted octanol–water partition coefficient (Wildman–Crippen LogP) is 0.422. The van der Waals surface area contributed by atoms with Crippen molar-refractivity contribution in [3.63, 3.8) is 0 Å². The maximum atomic E-state index is 11.9. The number of hydrogen-bond acceptors (Lipinski definition) is 4. The molecule has 0 spiro atoms. The van der Waals surface area contributed by atoms with Crippen LogP contribution in [-0.4, -0.2) is 32.0 Å². The van der Waals surface area contributed by atoms with Gasteiger partial charge >= 0.3 is 5.69 Å². The summed E-state index contributed by atoms with van der Waals surface area (Å²) in [4.78, 5) is 25.5. The summed E-state index contributed by atoms with van der Waals surface area (Å²) < 4.78 is 1.33. The van der Waals surface area contributed by atoms with Gasteiger partial charge in [-0.2, -0.15) is 0 Å². The van der Waals surface area contributed by atoms with Crippen molar-refractivity contribution in [2.45, 2.75) is 46.3 Å². The van der Waals surface area contributed by atoms with Gasteiger partial charge in [0.25, 0.3) is 5.56 Å². The molecular formula is C14H24N2O4. The van der Waals surface area contributed by atoms with Gasteiger partial charge in [-0.25, -0.2) is 4.79 Å². The van der Waals surface area contributed by atoms with Gasteiger partial charge in [-0.05, 0) is 32.6 Å². The van der Waals surface area contributed by atoms with Gasteiger partial charge in [0.05, 0.1) is 11.6 Å². The summed E-state index contributed by atoms with van der Waals surface area (Å²) in [6.07, 6.45) is 1.45. The zero-order valence-electron chi connectivity index (χ0n) is 12.7. The van der Waals surface area contributed by atoms with E-state index in [2.05, 4.69) is 4.98 Å². The predicted molar refractivity (Wildman–Crippen MR) is 76.8 cm³/mol. The van der Waals surface area contributed by atoms with Crippen LogP contribution in [0.3, 0.4) is 0 Å². The van der Waals surface area contributed by atoms with E-state index in [9.17, 15) is 19.8 Å². The number of aryl methyl sites for hydroxylation is 1. The highest BCUT2D eigenvalue weighted by Crippen LogP contribution is 2.33. The quantitative estimate of drug-likeness (QED) is 0.730. The molecule has 0 aliphatic carbocycles. The third-order valence-corrected chi connectivity index (χ3v) is 4.47. The van der Waals surface area contributed by atoms with Gasteiger partial charge in [0, 0.05) is 18.4 Å². The number of aliphatic hydroxyl groups is 2. The third-order valence-electron chi connectivity index (χ3n) is 4.47. The first-order valence-corrected chi connectivity index (χ1v) is 6.78. The van der Waals surface area contributed by atoms with Crippen LogP contribution in [0.5, 0.6) is 0 Å². The molecule has 20 heavy (non-hydrogen) atoms. The fourth-order valence-corrected chi connectivity index (χ4v) is 2.27. The van der Waals surface area contributed by atoms with Crippen molar-refractivity contribution in [1.82, 2.24) is 9.55 Å². The minimum absolute atomic E-state index is 0.0381. The van der Waals surface area contributed by atoms with Gasteiger partial charge in [-0.1, -0.05) is 13.8 Å². The van der Waals surface area contributed by atoms with E-state index >= 15 is 0 Å². The van der Waals surface area contributed by atoms with Crippen LogP contribution in [-0.2, 0) is 0 Å². The van der Waals surface area contributed by atoms with E-state index in [1.807, 2.05) is 13.8 Å². The lowest BCUT2D eigenvalue weighted by molar-refractivity contribution is -0.0625. The molecule has 0 saturated carbocycles. The minimum Gasteiger partial charge on any atom is -0.396 e. The van der Waals surface area contributed by atoms with Crippen molar-refractivity contribution in [1.29, 1.82) is 0 Å². The highest BCUT2D eigenvalue weighted by Gasteiger charge is 2.38. The first-order valence-electron chi connectivity index (χ1n) is 6.78. The second-order valence-corrected chi connectivity index (χ2v) is 5.83. The summed E-state index contributed by atoms with van der Waals surface area (Å²) in [6, 6.07) is -0.533. The van der Waals surface area contributed by atoms with Gasteiger partial charge in [0.1, 0.15) is 0 Å². The summed E-state index contributed by atoms with van der Waals surface area (Å²) in [6.45, 7) is 8.61. The largest absolute Gasteiger partial charge is 0.396 e. The van der Waals surface area contributed by atoms with Crippen molar-refractivity contribution in [2.75, 3.05) is 6.61 Å². The maximum absolute atomic E-state index is 11.9. The van der Waals surface area contributed by atoms with Crippen molar-refractivity contribution in [3.05, 3.63) is 32.6 Å². The smallest absolute Gasteiger partial charge is 0.328 e. The Bertz CT molecular complexity index is 573. The summed E-state index contributed by atoms with van der Waals surface area (Å²) in [7, 11) is 0. The Labute approximate surface area is 118 Å². The fourth-order valence-electron chi connectivity index (χ4n) is 2.27. The van der Waals surface area contributed by atoms with E-state index < -0.39 is 22.9 Å². The third kappa shape index (κ3) is 3.02. The van der Waals surface area contributed by atoms with Crippen molar-refractivity contribution >= 4 is 0 Å². The Morgan fingerprint density at radius 3 is 2.40 bits per heavy atom. The molecule has 0 aliphatic heterocycles. The molecule has 0 aromatic carbocycles. The number of rotatable bonds is 5. The highest BCUT2D eigenvalue weighted by atomic mass is 16.3. The van der Waals surface area contributed by atoms with Gasteiger partial charge in [0.15, 0.2) is 0 Å². The molecule has 1 heterocycles. The molecule has 0 bridgehead atoms. The maximum Gasteiger partial charge on any atom is 0.328 e. The van der Waals surface area contributed by atoms with Gasteiger partial charge in [-0.3, -0.25) is 14.3 Å². The number of aromatic amines is 1. The fraction of sp³-hybridized carbons (Fsp3) is 0.714. The van der Waals surface area contributed by atoms with Crippen LogP contribution in [0, 0.1) is 18.8 Å². The van der Waals surface area contributed by atoms with Crippen molar-refractivity contribution in [3.8, 4) is 0 Å². The molecule has 114 valence electrons. The van der Waals surface area contributed by atoms with Gasteiger partial charge in [-0.15, -0.1) is 0 Å². The van der Waals surface area contributed by atoms with Crippen LogP contribution in [0.25, 0.3) is 0 Å². The zero-order valence-corrected chi connectivity index (χ0v) is 12.7. The summed E-state index contributed by atoms with van der Waals surface area (Å²) in [5, 5.41) is 20.0. The van der Waals surface area contributed by atoms with Gasteiger partial charge < -0.3 is 10.2 Å². The van der Waals surface area contributed by atoms with E-state index in [1.165, 1.54) is 10.8 Å². The second kappa shape index (κ2) is 5.93. The molecule has 4 atom stereocenters. The minimum atomic E-state index is -1.20. The summed E-state index contributed by atoms with van der Waals surface area (Å²) >= 11 is 0. The Hall–Kier alpha value is -1.40. The molecule has 0 fully saturated rings. The molecule has 1 aromatic heterocycles. The van der Waals surface area contributed by atoms with E-state index in [4.69, 9.17) is 0 Å². The van der Waals surface area contributed by atoms with E-state index in [-0.39, 0.29) is 18.4 Å². The second-order valence-electron chi connectivity index (χ2n) is 5.83. The summed E-state index contributed by atoms with van der Waals surface area (Å²) in [5.41, 5.74) is -1.75. The first-order chi connectivity index (χ1) is 9.12. The van der Waals surface area contributed by atoms with Crippen LogP contribution in [0.1, 0.15) is 39.3 Å². The molecule has 3 N–H and O–H groups in total. The summed E-state index contributed by atoms with van der Waals surface area (Å²) in [5.74, 6) is -0.325. The molecule has 0 amide bonds. The lowest BCUT2D eigenvalue weighted by Crippen LogP contribution is -2.48. The van der Waals surface area contributed by atoms with E-state index in [0.29, 0.717) is 5.56 Å². The average molecular weight is 284 g/mol. The molecule has 1 aromatic rings. The van der Waals surface area contributed by atoms with Gasteiger partial charge in [0.2, 0.25) is 0 Å². The van der Waals surface area contributed by atoms with Crippen LogP contribution in [0.2, 0.25) is 0 Å². The Morgan fingerprint density at radius 1 is 1.35 bits per heavy atom. The normalized spacial score (nSPS) is 19.1. The SMILES string of the molecule is Cc1cn([C@H](C)[C@](C)(O)[C@H](C)[C@H](C)CO)c(=O)[nH]c1=O. The molecular weight excluding hydrogens is 260 g/mol. The topological polar surface area (TPSA) is 95.3 Å². The Kier molecular flexibility index (Phi) is 4.94. The number of H-pyrrole nitrogens is 1. The molecule has 6 heteroatoms.